The van der Waals surface area contributed by atoms with Crippen LogP contribution < -0.4 is 16.0 Å². The Labute approximate surface area is 121 Å². The van der Waals surface area contributed by atoms with Gasteiger partial charge in [-0.2, -0.15) is 0 Å². The highest BCUT2D eigenvalue weighted by Gasteiger charge is 1.93. The van der Waals surface area contributed by atoms with Gasteiger partial charge in [0.15, 0.2) is 0 Å². The normalized spacial score (nSPS) is 9.85. The van der Waals surface area contributed by atoms with Gasteiger partial charge in [-0.15, -0.1) is 5.73 Å². The van der Waals surface area contributed by atoms with Gasteiger partial charge in [-0.25, -0.2) is 0 Å². The summed E-state index contributed by atoms with van der Waals surface area (Å²) >= 11 is 0. The molecule has 0 aliphatic rings. The minimum atomic E-state index is 0.715. The van der Waals surface area contributed by atoms with Crippen LogP contribution in [0.5, 0.6) is 0 Å². The first-order valence-corrected chi connectivity index (χ1v) is 7.10. The van der Waals surface area contributed by atoms with E-state index in [0.29, 0.717) is 6.61 Å². The van der Waals surface area contributed by atoms with Crippen molar-refractivity contribution in [3.05, 3.63) is 42.8 Å². The third-order valence-electron chi connectivity index (χ3n) is 2.65. The van der Waals surface area contributed by atoms with Crippen molar-refractivity contribution in [1.82, 2.24) is 5.32 Å². The summed E-state index contributed by atoms with van der Waals surface area (Å²) in [6.45, 7) is 9.93. The summed E-state index contributed by atoms with van der Waals surface area (Å²) in [6, 6.07) is 8.07. The molecule has 0 spiro atoms. The Kier molecular flexibility index (Phi) is 9.07. The second-order valence-corrected chi connectivity index (χ2v) is 4.36. The molecule has 0 heterocycles. The Hall–Kier alpha value is -1.74. The Balaban J connectivity index is 2.08. The summed E-state index contributed by atoms with van der Waals surface area (Å²) in [7, 11) is 0. The molecule has 0 aliphatic heterocycles. The monoisotopic (exact) mass is 275 g/mol. The molecule has 0 saturated heterocycles. The Morgan fingerprint density at radius 1 is 1.10 bits per heavy atom. The van der Waals surface area contributed by atoms with E-state index in [4.69, 9.17) is 4.74 Å². The number of ether oxygens (including phenoxy) is 1. The molecule has 0 bridgehead atoms. The number of rotatable bonds is 11. The molecule has 0 aliphatic carbocycles. The summed E-state index contributed by atoms with van der Waals surface area (Å²) in [5.41, 5.74) is 4.78. The fourth-order valence-corrected chi connectivity index (χ4v) is 1.63. The maximum atomic E-state index is 5.52. The molecule has 0 aromatic heterocycles. The van der Waals surface area contributed by atoms with Crippen LogP contribution >= 0.6 is 0 Å². The molecular weight excluding hydrogens is 250 g/mol. The quantitative estimate of drug-likeness (QED) is 0.429. The van der Waals surface area contributed by atoms with E-state index in [9.17, 15) is 0 Å². The van der Waals surface area contributed by atoms with Crippen LogP contribution in [0.1, 0.15) is 13.3 Å². The van der Waals surface area contributed by atoms with Gasteiger partial charge < -0.3 is 20.7 Å². The molecule has 1 aromatic carbocycles. The van der Waals surface area contributed by atoms with E-state index in [1.165, 1.54) is 0 Å². The molecule has 0 unspecified atom stereocenters. The van der Waals surface area contributed by atoms with Gasteiger partial charge in [-0.05, 0) is 37.2 Å². The van der Waals surface area contributed by atoms with Gasteiger partial charge >= 0.3 is 0 Å². The molecule has 1 aromatic rings. The van der Waals surface area contributed by atoms with Crippen LogP contribution in [-0.4, -0.2) is 32.8 Å². The van der Waals surface area contributed by atoms with Gasteiger partial charge in [0.05, 0.1) is 13.2 Å². The molecule has 0 amide bonds. The molecule has 20 heavy (non-hydrogen) atoms. The van der Waals surface area contributed by atoms with Gasteiger partial charge in [0.2, 0.25) is 0 Å². The molecular formula is C16H25N3O. The molecule has 0 saturated carbocycles. The van der Waals surface area contributed by atoms with Gasteiger partial charge in [0, 0.05) is 30.7 Å². The Morgan fingerprint density at radius 3 is 2.50 bits per heavy atom. The molecule has 1 rings (SSSR count). The third-order valence-corrected chi connectivity index (χ3v) is 2.65. The van der Waals surface area contributed by atoms with Gasteiger partial charge in [0.1, 0.15) is 0 Å². The third kappa shape index (κ3) is 7.64. The van der Waals surface area contributed by atoms with Crippen molar-refractivity contribution in [3.63, 3.8) is 0 Å². The van der Waals surface area contributed by atoms with E-state index in [2.05, 4.69) is 35.2 Å². The molecule has 3 N–H and O–H groups in total. The highest BCUT2D eigenvalue weighted by molar-refractivity contribution is 5.54. The highest BCUT2D eigenvalue weighted by Crippen LogP contribution is 2.12. The van der Waals surface area contributed by atoms with Gasteiger partial charge in [0.25, 0.3) is 0 Å². The van der Waals surface area contributed by atoms with Crippen molar-refractivity contribution in [2.75, 3.05) is 43.5 Å². The molecule has 0 atom stereocenters. The zero-order chi connectivity index (χ0) is 14.5. The summed E-state index contributed by atoms with van der Waals surface area (Å²) in [4.78, 5) is 0. The lowest BCUT2D eigenvalue weighted by Crippen LogP contribution is -2.21. The second kappa shape index (κ2) is 11.1. The predicted molar refractivity (Wildman–Crippen MR) is 86.2 cm³/mol. The van der Waals surface area contributed by atoms with Crippen molar-refractivity contribution >= 4 is 11.4 Å². The minimum absolute atomic E-state index is 0.715. The van der Waals surface area contributed by atoms with Crippen LogP contribution in [0.25, 0.3) is 0 Å². The minimum Gasteiger partial charge on any atom is -0.383 e. The van der Waals surface area contributed by atoms with Crippen molar-refractivity contribution < 1.29 is 4.74 Å². The number of benzene rings is 1. The number of hydrogen-bond donors (Lipinski definition) is 3. The first kappa shape index (κ1) is 16.3. The lowest BCUT2D eigenvalue weighted by Gasteiger charge is -2.08. The highest BCUT2D eigenvalue weighted by atomic mass is 16.5. The van der Waals surface area contributed by atoms with E-state index >= 15 is 0 Å². The average molecular weight is 275 g/mol. The molecule has 110 valence electrons. The van der Waals surface area contributed by atoms with E-state index < -0.39 is 0 Å². The van der Waals surface area contributed by atoms with Crippen LogP contribution in [0, 0.1) is 0 Å². The lowest BCUT2D eigenvalue weighted by atomic mass is 10.3. The average Bonchev–Trinajstić information content (AvgIpc) is 2.49. The Bertz CT molecular complexity index is 397. The number of anilines is 2. The fraction of sp³-hybridized carbons (Fsp3) is 0.438. The SMILES string of the molecule is C=C=CNc1ccc(NCCOCCNCCC)cc1. The van der Waals surface area contributed by atoms with Crippen LogP contribution in [0.15, 0.2) is 42.8 Å². The second-order valence-electron chi connectivity index (χ2n) is 4.36. The molecule has 0 radical (unpaired) electrons. The topological polar surface area (TPSA) is 45.3 Å². The van der Waals surface area contributed by atoms with Crippen molar-refractivity contribution in [2.45, 2.75) is 13.3 Å². The zero-order valence-corrected chi connectivity index (χ0v) is 12.2. The Morgan fingerprint density at radius 2 is 1.80 bits per heavy atom. The summed E-state index contributed by atoms with van der Waals surface area (Å²) in [6.07, 6.45) is 2.85. The first-order chi connectivity index (χ1) is 9.86. The van der Waals surface area contributed by atoms with Crippen molar-refractivity contribution in [3.8, 4) is 0 Å². The molecule has 0 fully saturated rings. The zero-order valence-electron chi connectivity index (χ0n) is 12.2. The van der Waals surface area contributed by atoms with Gasteiger partial charge in [-0.1, -0.05) is 13.5 Å². The largest absolute Gasteiger partial charge is 0.383 e. The van der Waals surface area contributed by atoms with Gasteiger partial charge in [-0.3, -0.25) is 0 Å². The predicted octanol–water partition coefficient (Wildman–Crippen LogP) is 2.83. The van der Waals surface area contributed by atoms with E-state index in [1.807, 2.05) is 24.3 Å². The summed E-state index contributed by atoms with van der Waals surface area (Å²) < 4.78 is 5.52. The van der Waals surface area contributed by atoms with Crippen molar-refractivity contribution in [2.24, 2.45) is 0 Å². The smallest absolute Gasteiger partial charge is 0.0639 e. The number of nitrogens with one attached hydrogen (secondary N) is 3. The van der Waals surface area contributed by atoms with Crippen LogP contribution in [0.3, 0.4) is 0 Å². The number of hydrogen-bond acceptors (Lipinski definition) is 4. The molecule has 4 nitrogen and oxygen atoms in total. The summed E-state index contributed by atoms with van der Waals surface area (Å²) in [5, 5.41) is 9.68. The first-order valence-electron chi connectivity index (χ1n) is 7.10. The standard InChI is InChI=1S/C16H25N3O/c1-3-9-17-11-13-20-14-12-19-16-7-5-15(6-8-16)18-10-4-2/h5-8,10,17-19H,2-3,9,11-14H2,1H3. The van der Waals surface area contributed by atoms with Crippen LogP contribution in [-0.2, 0) is 4.74 Å². The van der Waals surface area contributed by atoms with Crippen molar-refractivity contribution in [1.29, 1.82) is 0 Å². The lowest BCUT2D eigenvalue weighted by molar-refractivity contribution is 0.146. The summed E-state index contributed by atoms with van der Waals surface area (Å²) in [5.74, 6) is 0. The maximum Gasteiger partial charge on any atom is 0.0639 e. The molecule has 4 heteroatoms. The maximum absolute atomic E-state index is 5.52. The van der Waals surface area contributed by atoms with E-state index in [-0.39, 0.29) is 0 Å². The van der Waals surface area contributed by atoms with Crippen LogP contribution in [0.4, 0.5) is 11.4 Å². The van der Waals surface area contributed by atoms with E-state index in [0.717, 1.165) is 44.0 Å². The van der Waals surface area contributed by atoms with Crippen LogP contribution in [0.2, 0.25) is 0 Å². The van der Waals surface area contributed by atoms with E-state index in [1.54, 1.807) is 6.20 Å². The fourth-order valence-electron chi connectivity index (χ4n) is 1.63.